The standard InChI is InChI=1S/C20H29N2Si.CH3.2ClH.Ti/c1-20(2)21-13-14-22(20)23(3,4)19-17-11-7-5-9-15(17)16-10-6-8-12-18(16)19;;;;/h5-12,15-19H,13-14H2,1-4H3;1H3;2*1H;/q2*-1;;;+2/p-2. The number of rotatable bonds is 2. The molecule has 0 N–H and O–H groups in total. The van der Waals surface area contributed by atoms with Gasteiger partial charge in [0.25, 0.3) is 0 Å². The van der Waals surface area contributed by atoms with E-state index < -0.39 is 25.3 Å². The average Bonchev–Trinajstić information content (AvgIpc) is 3.13. The van der Waals surface area contributed by atoms with Crippen LogP contribution in [0.5, 0.6) is 0 Å². The molecule has 1 saturated heterocycles. The Morgan fingerprint density at radius 1 is 0.926 bits per heavy atom. The molecule has 0 aromatic carbocycles. The van der Waals surface area contributed by atoms with E-state index in [2.05, 4.69) is 80.1 Å². The zero-order chi connectivity index (χ0) is 18.9. The Labute approximate surface area is 183 Å². The van der Waals surface area contributed by atoms with Crippen LogP contribution >= 0.6 is 18.6 Å². The fourth-order valence-corrected chi connectivity index (χ4v) is 11.0. The van der Waals surface area contributed by atoms with Crippen molar-refractivity contribution in [1.29, 1.82) is 0 Å². The normalized spacial score (nSPS) is 35.7. The molecule has 0 aromatic heterocycles. The molecule has 1 aliphatic heterocycles. The molecule has 4 atom stereocenters. The Kier molecular flexibility index (Phi) is 8.30. The van der Waals surface area contributed by atoms with Crippen LogP contribution in [0.4, 0.5) is 0 Å². The second kappa shape index (κ2) is 9.47. The number of halogens is 2. The van der Waals surface area contributed by atoms with E-state index in [9.17, 15) is 0 Å². The summed E-state index contributed by atoms with van der Waals surface area (Å²) in [5.41, 5.74) is 0.790. The molecule has 1 saturated carbocycles. The summed E-state index contributed by atoms with van der Waals surface area (Å²) in [5, 5.41) is 4.89. The van der Waals surface area contributed by atoms with Gasteiger partial charge < -0.3 is 17.3 Å². The molecule has 0 radical (unpaired) electrons. The monoisotopic (exact) mass is 458 g/mol. The fourth-order valence-electron chi connectivity index (χ4n) is 5.93. The molecule has 1 heterocycles. The molecule has 6 heteroatoms. The third kappa shape index (κ3) is 4.45. The van der Waals surface area contributed by atoms with E-state index in [0.29, 0.717) is 23.7 Å². The number of hydrogen-bond donors (Lipinski definition) is 0. The van der Waals surface area contributed by atoms with E-state index in [1.165, 1.54) is 0 Å². The Morgan fingerprint density at radius 2 is 1.33 bits per heavy atom. The first-order chi connectivity index (χ1) is 12.3. The van der Waals surface area contributed by atoms with Gasteiger partial charge in [-0.05, 0) is 35.8 Å². The molecule has 2 nitrogen and oxygen atoms in total. The minimum absolute atomic E-state index is 0. The summed E-state index contributed by atoms with van der Waals surface area (Å²) in [6.07, 6.45) is 19.0. The third-order valence-electron chi connectivity index (χ3n) is 6.71. The molecule has 27 heavy (non-hydrogen) atoms. The topological polar surface area (TPSA) is 17.3 Å². The van der Waals surface area contributed by atoms with Crippen LogP contribution in [-0.2, 0) is 17.0 Å². The zero-order valence-corrected chi connectivity index (χ0v) is 21.1. The van der Waals surface area contributed by atoms with Gasteiger partial charge in [-0.3, -0.25) is 0 Å². The summed E-state index contributed by atoms with van der Waals surface area (Å²) in [6, 6.07) is 0. The molecular weight excluding hydrogens is 427 g/mol. The van der Waals surface area contributed by atoms with E-state index in [1.54, 1.807) is 0 Å². The van der Waals surface area contributed by atoms with Crippen molar-refractivity contribution < 1.29 is 17.0 Å². The molecule has 0 aromatic rings. The minimum atomic E-state index is -1.62. The van der Waals surface area contributed by atoms with Crippen LogP contribution in [-0.4, -0.2) is 31.6 Å². The second-order valence-corrected chi connectivity index (χ2v) is 15.7. The zero-order valence-electron chi connectivity index (χ0n) is 17.1. The molecule has 4 aliphatic rings. The Morgan fingerprint density at radius 3 is 1.70 bits per heavy atom. The predicted molar refractivity (Wildman–Crippen MR) is 119 cm³/mol. The van der Waals surface area contributed by atoms with E-state index in [1.807, 2.05) is 0 Å². The van der Waals surface area contributed by atoms with Crippen molar-refractivity contribution in [3.8, 4) is 0 Å². The summed E-state index contributed by atoms with van der Waals surface area (Å²) in [5.74, 6) is 2.76. The first kappa shape index (κ1) is 23.7. The maximum absolute atomic E-state index is 4.89. The van der Waals surface area contributed by atoms with Crippen LogP contribution in [0.1, 0.15) is 13.8 Å². The molecule has 150 valence electrons. The Bertz CT molecular complexity index is 596. The van der Waals surface area contributed by atoms with Crippen molar-refractivity contribution in [1.82, 2.24) is 4.57 Å². The van der Waals surface area contributed by atoms with Gasteiger partial charge in [-0.2, -0.15) is 0 Å². The number of nitrogens with zero attached hydrogens (tertiary/aromatic N) is 2. The van der Waals surface area contributed by atoms with Gasteiger partial charge in [0.2, 0.25) is 0 Å². The van der Waals surface area contributed by atoms with Gasteiger partial charge in [-0.15, -0.1) is 6.54 Å². The van der Waals surface area contributed by atoms with Crippen LogP contribution < -0.4 is 0 Å². The number of hydrogen-bond acceptors (Lipinski definition) is 1. The first-order valence-corrected chi connectivity index (χ1v) is 16.8. The quantitative estimate of drug-likeness (QED) is 0.339. The van der Waals surface area contributed by atoms with Crippen molar-refractivity contribution in [3.63, 3.8) is 0 Å². The van der Waals surface area contributed by atoms with Crippen molar-refractivity contribution >= 4 is 26.8 Å². The molecule has 4 rings (SSSR count). The molecule has 0 spiro atoms. The molecule has 0 bridgehead atoms. The van der Waals surface area contributed by atoms with E-state index in [0.717, 1.165) is 18.6 Å². The van der Waals surface area contributed by atoms with Crippen molar-refractivity contribution in [2.45, 2.75) is 38.1 Å². The molecule has 4 unspecified atom stereocenters. The summed E-state index contributed by atoms with van der Waals surface area (Å²) < 4.78 is 2.79. The first-order valence-electron chi connectivity index (χ1n) is 9.47. The van der Waals surface area contributed by atoms with Gasteiger partial charge in [0, 0.05) is 0 Å². The van der Waals surface area contributed by atoms with Gasteiger partial charge in [0.15, 0.2) is 0 Å². The number of fused-ring (bicyclic) bond motifs is 3. The van der Waals surface area contributed by atoms with E-state index in [-0.39, 0.29) is 13.1 Å². The van der Waals surface area contributed by atoms with E-state index in [4.69, 9.17) is 23.9 Å². The molecule has 2 fully saturated rings. The second-order valence-electron chi connectivity index (χ2n) is 8.63. The van der Waals surface area contributed by atoms with Crippen molar-refractivity contribution in [2.24, 2.45) is 23.7 Å². The summed E-state index contributed by atoms with van der Waals surface area (Å²) in [7, 11) is 8.16. The molecule has 3 aliphatic carbocycles. The molecular formula is C21H32Cl2N2SiTi-2. The maximum atomic E-state index is 4.89. The van der Waals surface area contributed by atoms with Gasteiger partial charge >= 0.3 is 35.6 Å². The van der Waals surface area contributed by atoms with Gasteiger partial charge in [-0.1, -0.05) is 81.2 Å². The van der Waals surface area contributed by atoms with Crippen LogP contribution in [0.15, 0.2) is 48.6 Å². The fraction of sp³-hybridized carbons (Fsp3) is 0.571. The van der Waals surface area contributed by atoms with Crippen molar-refractivity contribution in [3.05, 3.63) is 61.4 Å². The number of allylic oxidation sites excluding steroid dienone is 8. The van der Waals surface area contributed by atoms with Crippen LogP contribution in [0.3, 0.4) is 0 Å². The van der Waals surface area contributed by atoms with E-state index >= 15 is 0 Å². The Balaban J connectivity index is 0.000000614. The molecule has 0 amide bonds. The summed E-state index contributed by atoms with van der Waals surface area (Å²) in [6.45, 7) is 12.0. The average molecular weight is 459 g/mol. The van der Waals surface area contributed by atoms with Crippen LogP contribution in [0, 0.1) is 31.1 Å². The Hall–Kier alpha value is 0.391. The van der Waals surface area contributed by atoms with Crippen LogP contribution in [0.2, 0.25) is 18.6 Å². The third-order valence-corrected chi connectivity index (χ3v) is 11.3. The summed E-state index contributed by atoms with van der Waals surface area (Å²) in [4.78, 5) is 0. The van der Waals surface area contributed by atoms with Gasteiger partial charge in [0.05, 0.1) is 0 Å². The van der Waals surface area contributed by atoms with Crippen LogP contribution in [0.25, 0.3) is 5.32 Å². The predicted octanol–water partition coefficient (Wildman–Crippen LogP) is 6.54. The summed E-state index contributed by atoms with van der Waals surface area (Å²) >= 11 is -0.556. The SMILES string of the molecule is CC1(C)[N-]CCN1[Si](C)(C)C1C2C=CC=CC2C2C=CC=CC21.[CH3-].[Cl][Ti][Cl]. The van der Waals surface area contributed by atoms with Gasteiger partial charge in [0.1, 0.15) is 8.24 Å². The van der Waals surface area contributed by atoms with Gasteiger partial charge in [-0.25, -0.2) is 0 Å². The van der Waals surface area contributed by atoms with Crippen molar-refractivity contribution in [2.75, 3.05) is 13.1 Å².